The van der Waals surface area contributed by atoms with Gasteiger partial charge in [0.15, 0.2) is 0 Å². The van der Waals surface area contributed by atoms with E-state index in [0.717, 1.165) is 5.92 Å². The van der Waals surface area contributed by atoms with Gasteiger partial charge in [0.25, 0.3) is 0 Å². The van der Waals surface area contributed by atoms with Crippen molar-refractivity contribution in [3.05, 3.63) is 12.2 Å². The predicted molar refractivity (Wildman–Crippen MR) is 53.6 cm³/mol. The van der Waals surface area contributed by atoms with Gasteiger partial charge in [0.2, 0.25) is 0 Å². The first-order chi connectivity index (χ1) is 6.29. The summed E-state index contributed by atoms with van der Waals surface area (Å²) in [7, 11) is 0. The molecule has 1 saturated carbocycles. The summed E-state index contributed by atoms with van der Waals surface area (Å²) in [5.41, 5.74) is 0. The van der Waals surface area contributed by atoms with Crippen LogP contribution in [0.2, 0.25) is 0 Å². The van der Waals surface area contributed by atoms with Crippen LogP contribution in [0.5, 0.6) is 0 Å². The molecule has 1 fully saturated rings. The third-order valence-electron chi connectivity index (χ3n) is 2.98. The van der Waals surface area contributed by atoms with E-state index in [-0.39, 0.29) is 5.97 Å². The molecule has 72 valence electrons. The van der Waals surface area contributed by atoms with Crippen molar-refractivity contribution in [3.63, 3.8) is 0 Å². The van der Waals surface area contributed by atoms with E-state index < -0.39 is 0 Å². The van der Waals surface area contributed by atoms with Crippen LogP contribution >= 0.6 is 15.9 Å². The number of alkyl halides is 1. The lowest BCUT2D eigenvalue weighted by Gasteiger charge is -2.17. The molecule has 0 saturated heterocycles. The van der Waals surface area contributed by atoms with Crippen LogP contribution in [-0.2, 0) is 9.53 Å². The first kappa shape index (κ1) is 9.25. The monoisotopic (exact) mass is 244 g/mol. The van der Waals surface area contributed by atoms with Gasteiger partial charge in [-0.15, -0.1) is 0 Å². The SMILES string of the molecule is O=C(CBr)OC[C@H]1C[C@H]2C=C[C@@H]1C2. The van der Waals surface area contributed by atoms with Crippen LogP contribution in [-0.4, -0.2) is 17.9 Å². The summed E-state index contributed by atoms with van der Waals surface area (Å²) in [6, 6.07) is 0. The number of esters is 1. The van der Waals surface area contributed by atoms with Gasteiger partial charge < -0.3 is 4.74 Å². The van der Waals surface area contributed by atoms with Crippen LogP contribution in [0.1, 0.15) is 12.8 Å². The molecule has 0 heterocycles. The molecule has 2 rings (SSSR count). The molecule has 0 amide bonds. The molecule has 2 aliphatic rings. The minimum Gasteiger partial charge on any atom is -0.465 e. The third kappa shape index (κ3) is 1.96. The lowest BCUT2D eigenvalue weighted by Crippen LogP contribution is -2.18. The molecule has 2 nitrogen and oxygen atoms in total. The zero-order valence-electron chi connectivity index (χ0n) is 7.41. The Morgan fingerprint density at radius 3 is 2.85 bits per heavy atom. The highest BCUT2D eigenvalue weighted by atomic mass is 79.9. The molecular weight excluding hydrogens is 232 g/mol. The third-order valence-corrected chi connectivity index (χ3v) is 3.44. The summed E-state index contributed by atoms with van der Waals surface area (Å²) in [5.74, 6) is 1.87. The zero-order valence-corrected chi connectivity index (χ0v) is 9.00. The minimum atomic E-state index is -0.147. The second-order valence-electron chi connectivity index (χ2n) is 3.86. The van der Waals surface area contributed by atoms with Gasteiger partial charge in [0, 0.05) is 0 Å². The number of rotatable bonds is 3. The van der Waals surface area contributed by atoms with Gasteiger partial charge in [-0.25, -0.2) is 0 Å². The molecule has 13 heavy (non-hydrogen) atoms. The number of carbonyl (C=O) groups is 1. The van der Waals surface area contributed by atoms with Gasteiger partial charge in [-0.05, 0) is 30.6 Å². The Hall–Kier alpha value is -0.310. The molecule has 0 radical (unpaired) electrons. The number of halogens is 1. The van der Waals surface area contributed by atoms with E-state index in [4.69, 9.17) is 4.74 Å². The second kappa shape index (κ2) is 3.82. The fourth-order valence-corrected chi connectivity index (χ4v) is 2.49. The maximum atomic E-state index is 10.9. The van der Waals surface area contributed by atoms with E-state index in [9.17, 15) is 4.79 Å². The van der Waals surface area contributed by atoms with E-state index in [1.54, 1.807) is 0 Å². The van der Waals surface area contributed by atoms with Crippen LogP contribution in [0.25, 0.3) is 0 Å². The molecule has 3 heteroatoms. The van der Waals surface area contributed by atoms with Crippen LogP contribution in [0.4, 0.5) is 0 Å². The highest BCUT2D eigenvalue weighted by Gasteiger charge is 2.35. The maximum Gasteiger partial charge on any atom is 0.316 e. The zero-order chi connectivity index (χ0) is 9.26. The quantitative estimate of drug-likeness (QED) is 0.432. The van der Waals surface area contributed by atoms with Crippen molar-refractivity contribution < 1.29 is 9.53 Å². The van der Waals surface area contributed by atoms with Crippen LogP contribution in [0, 0.1) is 17.8 Å². The van der Waals surface area contributed by atoms with Crippen LogP contribution in [0.15, 0.2) is 12.2 Å². The summed E-state index contributed by atoms with van der Waals surface area (Å²) in [4.78, 5) is 10.9. The van der Waals surface area contributed by atoms with Gasteiger partial charge >= 0.3 is 5.97 Å². The van der Waals surface area contributed by atoms with Crippen molar-refractivity contribution in [2.45, 2.75) is 12.8 Å². The van der Waals surface area contributed by atoms with Crippen molar-refractivity contribution in [2.24, 2.45) is 17.8 Å². The number of ether oxygens (including phenoxy) is 1. The number of allylic oxidation sites excluding steroid dienone is 2. The molecule has 0 aromatic rings. The number of fused-ring (bicyclic) bond motifs is 2. The summed E-state index contributed by atoms with van der Waals surface area (Å²) >= 11 is 3.08. The summed E-state index contributed by atoms with van der Waals surface area (Å²) in [6.07, 6.45) is 7.06. The lowest BCUT2D eigenvalue weighted by atomic mass is 9.95. The number of carbonyl (C=O) groups excluding carboxylic acids is 1. The smallest absolute Gasteiger partial charge is 0.316 e. The summed E-state index contributed by atoms with van der Waals surface area (Å²) in [6.45, 7) is 0.607. The molecule has 0 aliphatic heterocycles. The van der Waals surface area contributed by atoms with E-state index in [1.165, 1.54) is 12.8 Å². The van der Waals surface area contributed by atoms with Crippen molar-refractivity contribution in [1.82, 2.24) is 0 Å². The first-order valence-corrected chi connectivity index (χ1v) is 5.81. The Morgan fingerprint density at radius 1 is 1.46 bits per heavy atom. The number of hydrogen-bond acceptors (Lipinski definition) is 2. The van der Waals surface area contributed by atoms with E-state index in [2.05, 4.69) is 28.1 Å². The van der Waals surface area contributed by atoms with E-state index in [1.807, 2.05) is 0 Å². The average Bonchev–Trinajstić information content (AvgIpc) is 2.74. The first-order valence-electron chi connectivity index (χ1n) is 4.69. The van der Waals surface area contributed by atoms with Gasteiger partial charge in [0.1, 0.15) is 5.33 Å². The minimum absolute atomic E-state index is 0.147. The van der Waals surface area contributed by atoms with Crippen LogP contribution in [0.3, 0.4) is 0 Å². The molecule has 0 spiro atoms. The molecular formula is C10H13BrO2. The molecule has 0 N–H and O–H groups in total. The normalized spacial score (nSPS) is 35.3. The van der Waals surface area contributed by atoms with E-state index in [0.29, 0.717) is 23.8 Å². The number of hydrogen-bond donors (Lipinski definition) is 0. The fourth-order valence-electron chi connectivity index (χ4n) is 2.32. The van der Waals surface area contributed by atoms with Gasteiger partial charge in [0.05, 0.1) is 6.61 Å². The largest absolute Gasteiger partial charge is 0.465 e. The topological polar surface area (TPSA) is 26.3 Å². The molecule has 0 aromatic heterocycles. The summed E-state index contributed by atoms with van der Waals surface area (Å²) in [5, 5.41) is 0.309. The Kier molecular flexibility index (Phi) is 2.72. The van der Waals surface area contributed by atoms with Crippen molar-refractivity contribution in [1.29, 1.82) is 0 Å². The van der Waals surface area contributed by atoms with Crippen LogP contribution < -0.4 is 0 Å². The fraction of sp³-hybridized carbons (Fsp3) is 0.700. The standard InChI is InChI=1S/C10H13BrO2/c11-5-10(12)13-6-9-4-7-1-2-8(9)3-7/h1-2,7-9H,3-6H2/t7-,8+,9+/m0/s1. The Balaban J connectivity index is 1.78. The average molecular weight is 245 g/mol. The Bertz CT molecular complexity index is 237. The Labute approximate surface area is 86.5 Å². The molecule has 2 bridgehead atoms. The highest BCUT2D eigenvalue weighted by molar-refractivity contribution is 9.09. The van der Waals surface area contributed by atoms with Crippen molar-refractivity contribution in [3.8, 4) is 0 Å². The molecule has 0 aromatic carbocycles. The van der Waals surface area contributed by atoms with Gasteiger partial charge in [-0.2, -0.15) is 0 Å². The maximum absolute atomic E-state index is 10.9. The summed E-state index contributed by atoms with van der Waals surface area (Å²) < 4.78 is 5.11. The highest BCUT2D eigenvalue weighted by Crippen LogP contribution is 2.43. The van der Waals surface area contributed by atoms with Gasteiger partial charge in [-0.3, -0.25) is 4.79 Å². The van der Waals surface area contributed by atoms with Crippen molar-refractivity contribution >= 4 is 21.9 Å². The molecule has 0 unspecified atom stereocenters. The second-order valence-corrected chi connectivity index (χ2v) is 4.42. The van der Waals surface area contributed by atoms with Crippen molar-refractivity contribution in [2.75, 3.05) is 11.9 Å². The Morgan fingerprint density at radius 2 is 2.31 bits per heavy atom. The molecule has 3 atom stereocenters. The predicted octanol–water partition coefficient (Wildman–Crippen LogP) is 2.14. The molecule has 2 aliphatic carbocycles. The lowest BCUT2D eigenvalue weighted by molar-refractivity contribution is -0.141. The van der Waals surface area contributed by atoms with E-state index >= 15 is 0 Å². The van der Waals surface area contributed by atoms with Gasteiger partial charge in [-0.1, -0.05) is 28.1 Å².